The molecule has 1 aliphatic heterocycles. The van der Waals surface area contributed by atoms with Crippen LogP contribution in [0.25, 0.3) is 0 Å². The second-order valence-corrected chi connectivity index (χ2v) is 7.32. The molecular weight excluding hydrogens is 308 g/mol. The molecule has 0 aromatic heterocycles. The van der Waals surface area contributed by atoms with Crippen LogP contribution in [0.3, 0.4) is 0 Å². The minimum Gasteiger partial charge on any atom is -0.309 e. The highest BCUT2D eigenvalue weighted by molar-refractivity contribution is 5.72. The third-order valence-corrected chi connectivity index (χ3v) is 5.05. The largest absolute Gasteiger partial charge is 0.309 e. The molecular formula is C21H38N4. The van der Waals surface area contributed by atoms with E-state index in [1.54, 1.807) is 0 Å². The van der Waals surface area contributed by atoms with Gasteiger partial charge in [0.15, 0.2) is 0 Å². The number of allylic oxidation sites excluding steroid dienone is 3. The fraction of sp³-hybridized carbons (Fsp3) is 0.667. The van der Waals surface area contributed by atoms with Crippen molar-refractivity contribution in [2.75, 3.05) is 19.6 Å². The van der Waals surface area contributed by atoms with Crippen molar-refractivity contribution in [1.29, 1.82) is 0 Å². The number of nitrogens with two attached hydrogens (primary N) is 1. The zero-order valence-electron chi connectivity index (χ0n) is 16.6. The minimum atomic E-state index is 0.506. The summed E-state index contributed by atoms with van der Waals surface area (Å²) < 4.78 is 0. The van der Waals surface area contributed by atoms with Gasteiger partial charge in [-0.05, 0) is 70.2 Å². The van der Waals surface area contributed by atoms with Crippen LogP contribution in [0.15, 0.2) is 40.7 Å². The van der Waals surface area contributed by atoms with Crippen molar-refractivity contribution in [2.45, 2.75) is 65.7 Å². The van der Waals surface area contributed by atoms with Crippen molar-refractivity contribution in [3.8, 4) is 0 Å². The first-order valence-electron chi connectivity index (χ1n) is 9.78. The molecule has 3 N–H and O–H groups in total. The zero-order chi connectivity index (χ0) is 18.5. The molecule has 0 spiro atoms. The van der Waals surface area contributed by atoms with Crippen molar-refractivity contribution < 1.29 is 0 Å². The summed E-state index contributed by atoms with van der Waals surface area (Å²) in [5, 5.41) is 0. The molecule has 1 atom stereocenters. The van der Waals surface area contributed by atoms with Gasteiger partial charge in [0, 0.05) is 12.8 Å². The van der Waals surface area contributed by atoms with Crippen molar-refractivity contribution in [2.24, 2.45) is 16.8 Å². The van der Waals surface area contributed by atoms with Crippen LogP contribution >= 0.6 is 0 Å². The first kappa shape index (κ1) is 21.7. The molecule has 142 valence electrons. The smallest absolute Gasteiger partial charge is 0.138 e. The lowest BCUT2D eigenvalue weighted by atomic mass is 10.0. The fourth-order valence-electron chi connectivity index (χ4n) is 2.91. The number of likely N-dealkylation sites (tertiary alicyclic amines) is 1. The van der Waals surface area contributed by atoms with E-state index in [1.807, 2.05) is 12.3 Å². The Kier molecular flexibility index (Phi) is 11.2. The number of aliphatic imine (C=N–C) groups is 1. The molecule has 0 aliphatic carbocycles. The number of nitrogens with zero attached hydrogens (tertiary/aromatic N) is 2. The van der Waals surface area contributed by atoms with Gasteiger partial charge in [-0.1, -0.05) is 44.4 Å². The fourth-order valence-corrected chi connectivity index (χ4v) is 2.91. The lowest BCUT2D eigenvalue weighted by molar-refractivity contribution is 0.250. The predicted molar refractivity (Wildman–Crippen MR) is 110 cm³/mol. The Morgan fingerprint density at radius 1 is 1.20 bits per heavy atom. The quantitative estimate of drug-likeness (QED) is 0.278. The molecule has 25 heavy (non-hydrogen) atoms. The van der Waals surface area contributed by atoms with E-state index in [4.69, 9.17) is 5.84 Å². The van der Waals surface area contributed by atoms with E-state index >= 15 is 0 Å². The number of nitrogens with one attached hydrogen (secondary N) is 1. The van der Waals surface area contributed by atoms with Crippen LogP contribution in [0.2, 0.25) is 0 Å². The Morgan fingerprint density at radius 3 is 2.44 bits per heavy atom. The van der Waals surface area contributed by atoms with E-state index in [0.717, 1.165) is 25.2 Å². The minimum absolute atomic E-state index is 0.506. The van der Waals surface area contributed by atoms with E-state index in [1.165, 1.54) is 56.3 Å². The van der Waals surface area contributed by atoms with E-state index in [9.17, 15) is 0 Å². The van der Waals surface area contributed by atoms with Gasteiger partial charge in [0.2, 0.25) is 0 Å². The maximum atomic E-state index is 5.66. The summed E-state index contributed by atoms with van der Waals surface area (Å²) >= 11 is 0. The highest BCUT2D eigenvalue weighted by atomic mass is 15.3. The molecule has 0 bridgehead atoms. The SMILES string of the molecule is C=C(C)C(C)CC=C/C=N\C(NN)=C(/C)CCN1CCCCCCC1. The Bertz CT molecular complexity index is 468. The van der Waals surface area contributed by atoms with Crippen LogP contribution in [-0.4, -0.2) is 30.7 Å². The van der Waals surface area contributed by atoms with Gasteiger partial charge in [-0.3, -0.25) is 0 Å². The van der Waals surface area contributed by atoms with Gasteiger partial charge >= 0.3 is 0 Å². The summed E-state index contributed by atoms with van der Waals surface area (Å²) in [5.41, 5.74) is 5.17. The molecule has 4 nitrogen and oxygen atoms in total. The molecule has 0 radical (unpaired) electrons. The van der Waals surface area contributed by atoms with Crippen LogP contribution in [0, 0.1) is 5.92 Å². The Morgan fingerprint density at radius 2 is 1.84 bits per heavy atom. The Hall–Kier alpha value is -1.39. The van der Waals surface area contributed by atoms with Crippen LogP contribution in [0.5, 0.6) is 0 Å². The van der Waals surface area contributed by atoms with Gasteiger partial charge in [0.05, 0.1) is 0 Å². The van der Waals surface area contributed by atoms with Gasteiger partial charge in [0.1, 0.15) is 5.82 Å². The molecule has 0 saturated carbocycles. The van der Waals surface area contributed by atoms with Crippen molar-refractivity contribution in [1.82, 2.24) is 10.3 Å². The second kappa shape index (κ2) is 12.9. The summed E-state index contributed by atoms with van der Waals surface area (Å²) in [6.45, 7) is 13.9. The number of hydrazine groups is 1. The summed E-state index contributed by atoms with van der Waals surface area (Å²) in [6.07, 6.45) is 14.8. The molecule has 1 saturated heterocycles. The first-order chi connectivity index (χ1) is 12.0. The van der Waals surface area contributed by atoms with Gasteiger partial charge in [-0.15, -0.1) is 0 Å². The predicted octanol–water partition coefficient (Wildman–Crippen LogP) is 4.57. The van der Waals surface area contributed by atoms with Gasteiger partial charge in [-0.2, -0.15) is 0 Å². The maximum absolute atomic E-state index is 5.66. The average Bonchev–Trinajstić information content (AvgIpc) is 2.56. The second-order valence-electron chi connectivity index (χ2n) is 7.32. The third kappa shape index (κ3) is 9.61. The van der Waals surface area contributed by atoms with Crippen molar-refractivity contribution in [3.05, 3.63) is 35.7 Å². The number of hydrogen-bond acceptors (Lipinski definition) is 4. The topological polar surface area (TPSA) is 53.6 Å². The average molecular weight is 347 g/mol. The Balaban J connectivity index is 2.46. The lowest BCUT2D eigenvalue weighted by Crippen LogP contribution is -2.29. The van der Waals surface area contributed by atoms with E-state index < -0.39 is 0 Å². The molecule has 1 fully saturated rings. The highest BCUT2D eigenvalue weighted by Gasteiger charge is 2.09. The normalized spacial score (nSPS) is 19.5. The summed E-state index contributed by atoms with van der Waals surface area (Å²) in [7, 11) is 0. The van der Waals surface area contributed by atoms with Crippen LogP contribution < -0.4 is 11.3 Å². The zero-order valence-corrected chi connectivity index (χ0v) is 16.6. The maximum Gasteiger partial charge on any atom is 0.138 e. The van der Waals surface area contributed by atoms with E-state index in [0.29, 0.717) is 5.92 Å². The molecule has 1 rings (SSSR count). The Labute approximate surface area is 154 Å². The van der Waals surface area contributed by atoms with E-state index in [-0.39, 0.29) is 0 Å². The standard InChI is InChI=1S/C21H38N4/c1-18(2)19(3)12-8-9-14-23-21(24-22)20(4)13-17-25-15-10-6-5-7-11-16-25/h8-9,14,19,24H,1,5-7,10-13,15-17,22H2,2-4H3/b9-8?,21-20-,23-14-. The molecule has 0 amide bonds. The van der Waals surface area contributed by atoms with Crippen molar-refractivity contribution >= 4 is 6.21 Å². The summed E-state index contributed by atoms with van der Waals surface area (Å²) in [6, 6.07) is 0. The number of rotatable bonds is 9. The molecule has 0 aromatic carbocycles. The molecule has 4 heteroatoms. The van der Waals surface area contributed by atoms with Crippen molar-refractivity contribution in [3.63, 3.8) is 0 Å². The highest BCUT2D eigenvalue weighted by Crippen LogP contribution is 2.14. The molecule has 1 heterocycles. The molecule has 0 aromatic rings. The van der Waals surface area contributed by atoms with Gasteiger partial charge in [-0.25, -0.2) is 10.8 Å². The monoisotopic (exact) mass is 346 g/mol. The molecule has 1 unspecified atom stereocenters. The van der Waals surface area contributed by atoms with E-state index in [2.05, 4.69) is 48.7 Å². The third-order valence-electron chi connectivity index (χ3n) is 5.05. The summed E-state index contributed by atoms with van der Waals surface area (Å²) in [4.78, 5) is 7.05. The first-order valence-corrected chi connectivity index (χ1v) is 9.78. The van der Waals surface area contributed by atoms with Crippen LogP contribution in [-0.2, 0) is 0 Å². The summed E-state index contributed by atoms with van der Waals surface area (Å²) in [5.74, 6) is 6.95. The van der Waals surface area contributed by atoms with Crippen LogP contribution in [0.1, 0.15) is 65.7 Å². The van der Waals surface area contributed by atoms with Gasteiger partial charge in [0.25, 0.3) is 0 Å². The number of hydrogen-bond donors (Lipinski definition) is 2. The van der Waals surface area contributed by atoms with Gasteiger partial charge < -0.3 is 10.3 Å². The lowest BCUT2D eigenvalue weighted by Gasteiger charge is -2.24. The molecule has 1 aliphatic rings. The van der Waals surface area contributed by atoms with Crippen LogP contribution in [0.4, 0.5) is 0 Å².